The van der Waals surface area contributed by atoms with Crippen LogP contribution < -0.4 is 0 Å². The molecule has 1 saturated heterocycles. The summed E-state index contributed by atoms with van der Waals surface area (Å²) in [5.74, 6) is 0.167. The standard InChI is InChI=1S/C14H22N4O4/c1-10-14(18(21)22)11(2)17(15-10)7-5-13(20)16-6-3-4-12(8-16)9-19/h12,19H,3-9H2,1-2H3. The minimum Gasteiger partial charge on any atom is -0.396 e. The molecule has 0 radical (unpaired) electrons. The molecular formula is C14H22N4O4. The maximum absolute atomic E-state index is 12.2. The van der Waals surface area contributed by atoms with Crippen molar-refractivity contribution in [3.8, 4) is 0 Å². The van der Waals surface area contributed by atoms with Crippen molar-refractivity contribution in [3.63, 3.8) is 0 Å². The van der Waals surface area contributed by atoms with Crippen molar-refractivity contribution in [1.29, 1.82) is 0 Å². The van der Waals surface area contributed by atoms with Gasteiger partial charge in [0.05, 0.1) is 11.5 Å². The highest BCUT2D eigenvalue weighted by Crippen LogP contribution is 2.22. The molecule has 0 bridgehead atoms. The van der Waals surface area contributed by atoms with E-state index in [1.54, 1.807) is 18.7 Å². The summed E-state index contributed by atoms with van der Waals surface area (Å²) in [7, 11) is 0. The number of hydrogen-bond acceptors (Lipinski definition) is 5. The summed E-state index contributed by atoms with van der Waals surface area (Å²) in [4.78, 5) is 24.5. The number of aliphatic hydroxyl groups excluding tert-OH is 1. The van der Waals surface area contributed by atoms with Gasteiger partial charge in [-0.05, 0) is 32.6 Å². The van der Waals surface area contributed by atoms with E-state index in [0.717, 1.165) is 12.8 Å². The largest absolute Gasteiger partial charge is 0.396 e. The van der Waals surface area contributed by atoms with Crippen LogP contribution in [0.1, 0.15) is 30.7 Å². The molecule has 1 unspecified atom stereocenters. The monoisotopic (exact) mass is 310 g/mol. The summed E-state index contributed by atoms with van der Waals surface area (Å²) >= 11 is 0. The Morgan fingerprint density at radius 1 is 1.50 bits per heavy atom. The predicted octanol–water partition coefficient (Wildman–Crippen LogP) is 1.03. The predicted molar refractivity (Wildman–Crippen MR) is 79.4 cm³/mol. The third kappa shape index (κ3) is 3.44. The molecule has 1 aliphatic heterocycles. The van der Waals surface area contributed by atoms with Crippen molar-refractivity contribution in [3.05, 3.63) is 21.5 Å². The van der Waals surface area contributed by atoms with Crippen molar-refractivity contribution in [1.82, 2.24) is 14.7 Å². The molecule has 0 saturated carbocycles. The molecule has 1 atom stereocenters. The van der Waals surface area contributed by atoms with E-state index in [2.05, 4.69) is 5.10 Å². The molecule has 22 heavy (non-hydrogen) atoms. The number of piperidine rings is 1. The van der Waals surface area contributed by atoms with E-state index in [9.17, 15) is 20.0 Å². The molecule has 0 aromatic carbocycles. The minimum absolute atomic E-state index is 0.00774. The number of aromatic nitrogens is 2. The van der Waals surface area contributed by atoms with Crippen LogP contribution in [0.15, 0.2) is 0 Å². The van der Waals surface area contributed by atoms with Gasteiger partial charge in [-0.25, -0.2) is 0 Å². The first-order valence-corrected chi connectivity index (χ1v) is 7.51. The number of nitro groups is 1. The van der Waals surface area contributed by atoms with Gasteiger partial charge in [0.1, 0.15) is 11.4 Å². The van der Waals surface area contributed by atoms with Gasteiger partial charge in [0.15, 0.2) is 0 Å². The zero-order valence-corrected chi connectivity index (χ0v) is 13.0. The Hall–Kier alpha value is -1.96. The fraction of sp³-hybridized carbons (Fsp3) is 0.714. The maximum Gasteiger partial charge on any atom is 0.312 e. The number of nitrogens with zero attached hydrogens (tertiary/aromatic N) is 4. The van der Waals surface area contributed by atoms with Gasteiger partial charge < -0.3 is 10.0 Å². The van der Waals surface area contributed by atoms with E-state index in [-0.39, 0.29) is 30.5 Å². The van der Waals surface area contributed by atoms with Crippen LogP contribution in [0.2, 0.25) is 0 Å². The van der Waals surface area contributed by atoms with Crippen LogP contribution in [0.25, 0.3) is 0 Å². The number of aryl methyl sites for hydroxylation is 2. The Kier molecular flexibility index (Phi) is 5.12. The molecular weight excluding hydrogens is 288 g/mol. The highest BCUT2D eigenvalue weighted by Gasteiger charge is 2.25. The van der Waals surface area contributed by atoms with Crippen LogP contribution in [-0.2, 0) is 11.3 Å². The number of carbonyl (C=O) groups is 1. The smallest absolute Gasteiger partial charge is 0.312 e. The lowest BCUT2D eigenvalue weighted by molar-refractivity contribution is -0.386. The molecule has 1 aromatic rings. The average Bonchev–Trinajstić information content (AvgIpc) is 2.79. The molecule has 1 N–H and O–H groups in total. The molecule has 1 aromatic heterocycles. The summed E-state index contributed by atoms with van der Waals surface area (Å²) in [5, 5.41) is 24.3. The summed E-state index contributed by atoms with van der Waals surface area (Å²) in [6.07, 6.45) is 2.11. The number of rotatable bonds is 5. The van der Waals surface area contributed by atoms with Gasteiger partial charge in [-0.3, -0.25) is 19.6 Å². The first-order chi connectivity index (χ1) is 10.4. The molecule has 2 rings (SSSR count). The number of likely N-dealkylation sites (tertiary alicyclic amines) is 1. The fourth-order valence-corrected chi connectivity index (χ4v) is 2.97. The summed E-state index contributed by atoms with van der Waals surface area (Å²) in [6.45, 7) is 4.98. The van der Waals surface area contributed by atoms with Crippen LogP contribution in [0, 0.1) is 29.9 Å². The third-order valence-corrected chi connectivity index (χ3v) is 4.19. The van der Waals surface area contributed by atoms with E-state index >= 15 is 0 Å². The van der Waals surface area contributed by atoms with Crippen LogP contribution in [0.4, 0.5) is 5.69 Å². The lowest BCUT2D eigenvalue weighted by Crippen LogP contribution is -2.41. The normalized spacial score (nSPS) is 18.5. The maximum atomic E-state index is 12.2. The number of amides is 1. The van der Waals surface area contributed by atoms with E-state index < -0.39 is 4.92 Å². The summed E-state index contributed by atoms with van der Waals surface area (Å²) < 4.78 is 1.53. The Balaban J connectivity index is 1.97. The zero-order valence-electron chi connectivity index (χ0n) is 13.0. The third-order valence-electron chi connectivity index (χ3n) is 4.19. The zero-order chi connectivity index (χ0) is 16.3. The van der Waals surface area contributed by atoms with Gasteiger partial charge in [-0.15, -0.1) is 0 Å². The number of aliphatic hydroxyl groups is 1. The number of hydrogen-bond donors (Lipinski definition) is 1. The molecule has 8 nitrogen and oxygen atoms in total. The molecule has 1 aliphatic rings. The van der Waals surface area contributed by atoms with E-state index in [1.165, 1.54) is 4.68 Å². The second kappa shape index (κ2) is 6.87. The van der Waals surface area contributed by atoms with Gasteiger partial charge in [0.2, 0.25) is 5.91 Å². The van der Waals surface area contributed by atoms with Gasteiger partial charge >= 0.3 is 5.69 Å². The van der Waals surface area contributed by atoms with E-state index in [4.69, 9.17) is 0 Å². The average molecular weight is 310 g/mol. The quantitative estimate of drug-likeness (QED) is 0.646. The second-order valence-corrected chi connectivity index (χ2v) is 5.78. The van der Waals surface area contributed by atoms with Crippen molar-refractivity contribution < 1.29 is 14.8 Å². The van der Waals surface area contributed by atoms with Crippen LogP contribution in [-0.4, -0.2) is 50.3 Å². The minimum atomic E-state index is -0.438. The van der Waals surface area contributed by atoms with Crippen molar-refractivity contribution >= 4 is 11.6 Å². The Morgan fingerprint density at radius 2 is 2.23 bits per heavy atom. The van der Waals surface area contributed by atoms with Crippen molar-refractivity contribution in [2.75, 3.05) is 19.7 Å². The Morgan fingerprint density at radius 3 is 2.82 bits per heavy atom. The first-order valence-electron chi connectivity index (χ1n) is 7.51. The second-order valence-electron chi connectivity index (χ2n) is 5.78. The van der Waals surface area contributed by atoms with E-state index in [1.807, 2.05) is 0 Å². The first kappa shape index (κ1) is 16.4. The van der Waals surface area contributed by atoms with Crippen molar-refractivity contribution in [2.45, 2.75) is 39.7 Å². The highest BCUT2D eigenvalue weighted by molar-refractivity contribution is 5.76. The highest BCUT2D eigenvalue weighted by atomic mass is 16.6. The lowest BCUT2D eigenvalue weighted by atomic mass is 9.99. The lowest BCUT2D eigenvalue weighted by Gasteiger charge is -2.31. The molecule has 1 amide bonds. The molecule has 2 heterocycles. The van der Waals surface area contributed by atoms with Crippen LogP contribution >= 0.6 is 0 Å². The SMILES string of the molecule is Cc1nn(CCC(=O)N2CCCC(CO)C2)c(C)c1[N+](=O)[O-]. The molecule has 0 aliphatic carbocycles. The van der Waals surface area contributed by atoms with Crippen LogP contribution in [0.5, 0.6) is 0 Å². The van der Waals surface area contributed by atoms with Crippen LogP contribution in [0.3, 0.4) is 0 Å². The van der Waals surface area contributed by atoms with Crippen molar-refractivity contribution in [2.24, 2.45) is 5.92 Å². The Bertz CT molecular complexity index is 569. The molecule has 1 fully saturated rings. The topological polar surface area (TPSA) is 102 Å². The van der Waals surface area contributed by atoms with Gasteiger partial charge in [-0.1, -0.05) is 0 Å². The van der Waals surface area contributed by atoms with Gasteiger partial charge in [-0.2, -0.15) is 5.10 Å². The summed E-state index contributed by atoms with van der Waals surface area (Å²) in [6, 6.07) is 0. The summed E-state index contributed by atoms with van der Waals surface area (Å²) in [5.41, 5.74) is 0.862. The van der Waals surface area contributed by atoms with E-state index in [0.29, 0.717) is 31.0 Å². The Labute approximate surface area is 128 Å². The van der Waals surface area contributed by atoms with Gasteiger partial charge in [0.25, 0.3) is 0 Å². The number of carbonyl (C=O) groups excluding carboxylic acids is 1. The molecule has 0 spiro atoms. The van der Waals surface area contributed by atoms with Gasteiger partial charge in [0, 0.05) is 26.1 Å². The molecule has 8 heteroatoms. The molecule has 122 valence electrons. The fourth-order valence-electron chi connectivity index (χ4n) is 2.97.